The van der Waals surface area contributed by atoms with Gasteiger partial charge in [0, 0.05) is 24.5 Å². The Balaban J connectivity index is 1.32. The molecule has 0 spiro atoms. The maximum absolute atomic E-state index is 12.3. The lowest BCUT2D eigenvalue weighted by molar-refractivity contribution is -0.119. The van der Waals surface area contributed by atoms with Gasteiger partial charge in [-0.1, -0.05) is 30.0 Å². The molecule has 0 aliphatic carbocycles. The van der Waals surface area contributed by atoms with Gasteiger partial charge in [0.15, 0.2) is 22.5 Å². The van der Waals surface area contributed by atoms with E-state index in [1.165, 1.54) is 11.8 Å². The Bertz CT molecular complexity index is 1020. The van der Waals surface area contributed by atoms with Crippen LogP contribution in [-0.4, -0.2) is 50.7 Å². The molecule has 30 heavy (non-hydrogen) atoms. The largest absolute Gasteiger partial charge is 0.486 e. The summed E-state index contributed by atoms with van der Waals surface area (Å²) in [5.74, 6) is 2.24. The van der Waals surface area contributed by atoms with Gasteiger partial charge in [0.25, 0.3) is 0 Å². The summed E-state index contributed by atoms with van der Waals surface area (Å²) < 4.78 is 13.5. The van der Waals surface area contributed by atoms with Crippen molar-refractivity contribution in [1.29, 1.82) is 0 Å². The topological polar surface area (TPSA) is 91.2 Å². The molecule has 0 unspecified atom stereocenters. The SMILES string of the molecule is C=CCn1c(SCC(=O)NC[C@@H]2COc3ccccc3O2)nnc1-c1ccncc1. The number of rotatable bonds is 8. The molecule has 9 heteroatoms. The molecule has 8 nitrogen and oxygen atoms in total. The first kappa shape index (κ1) is 20.0. The van der Waals surface area contributed by atoms with Crippen molar-refractivity contribution >= 4 is 17.7 Å². The highest BCUT2D eigenvalue weighted by Crippen LogP contribution is 2.30. The van der Waals surface area contributed by atoms with Crippen LogP contribution in [0.5, 0.6) is 11.5 Å². The van der Waals surface area contributed by atoms with Crippen molar-refractivity contribution in [3.63, 3.8) is 0 Å². The van der Waals surface area contributed by atoms with Crippen LogP contribution in [0.2, 0.25) is 0 Å². The number of carbonyl (C=O) groups excluding carboxylic acids is 1. The monoisotopic (exact) mass is 423 g/mol. The summed E-state index contributed by atoms with van der Waals surface area (Å²) in [5.41, 5.74) is 0.908. The molecule has 154 valence electrons. The van der Waals surface area contributed by atoms with Gasteiger partial charge in [-0.25, -0.2) is 0 Å². The number of para-hydroxylation sites is 2. The van der Waals surface area contributed by atoms with Gasteiger partial charge >= 0.3 is 0 Å². The van der Waals surface area contributed by atoms with Crippen molar-refractivity contribution in [3.05, 3.63) is 61.4 Å². The molecule has 2 aromatic heterocycles. The highest BCUT2D eigenvalue weighted by atomic mass is 32.2. The Morgan fingerprint density at radius 3 is 2.83 bits per heavy atom. The van der Waals surface area contributed by atoms with E-state index >= 15 is 0 Å². The third-order valence-electron chi connectivity index (χ3n) is 4.39. The number of hydrogen-bond acceptors (Lipinski definition) is 7. The molecular weight excluding hydrogens is 402 g/mol. The molecule has 4 rings (SSSR count). The van der Waals surface area contributed by atoms with Crippen molar-refractivity contribution in [3.8, 4) is 22.9 Å². The highest BCUT2D eigenvalue weighted by molar-refractivity contribution is 7.99. The summed E-state index contributed by atoms with van der Waals surface area (Å²) in [6, 6.07) is 11.2. The highest BCUT2D eigenvalue weighted by Gasteiger charge is 2.21. The Morgan fingerprint density at radius 1 is 1.23 bits per heavy atom. The number of pyridine rings is 1. The van der Waals surface area contributed by atoms with Crippen molar-refractivity contribution in [2.24, 2.45) is 0 Å². The number of hydrogen-bond donors (Lipinski definition) is 1. The van der Waals surface area contributed by atoms with Crippen LogP contribution >= 0.6 is 11.8 Å². The summed E-state index contributed by atoms with van der Waals surface area (Å²) >= 11 is 1.33. The Morgan fingerprint density at radius 2 is 2.03 bits per heavy atom. The predicted molar refractivity (Wildman–Crippen MR) is 114 cm³/mol. The van der Waals surface area contributed by atoms with Crippen LogP contribution in [0.4, 0.5) is 0 Å². The van der Waals surface area contributed by atoms with Crippen LogP contribution < -0.4 is 14.8 Å². The molecule has 1 aliphatic heterocycles. The van der Waals surface area contributed by atoms with Gasteiger partial charge in [-0.15, -0.1) is 16.8 Å². The lowest BCUT2D eigenvalue weighted by Crippen LogP contribution is -2.41. The molecule has 0 fully saturated rings. The van der Waals surface area contributed by atoms with E-state index in [0.717, 1.165) is 11.3 Å². The maximum Gasteiger partial charge on any atom is 0.230 e. The van der Waals surface area contributed by atoms with Crippen LogP contribution in [0.1, 0.15) is 0 Å². The fraction of sp³-hybridized carbons (Fsp3) is 0.238. The van der Waals surface area contributed by atoms with Gasteiger partial charge in [0.2, 0.25) is 5.91 Å². The predicted octanol–water partition coefficient (Wildman–Crippen LogP) is 2.57. The second-order valence-corrected chi connectivity index (χ2v) is 7.47. The van der Waals surface area contributed by atoms with E-state index in [-0.39, 0.29) is 17.8 Å². The van der Waals surface area contributed by atoms with Crippen LogP contribution in [0.15, 0.2) is 66.6 Å². The van der Waals surface area contributed by atoms with E-state index in [9.17, 15) is 4.79 Å². The smallest absolute Gasteiger partial charge is 0.230 e. The number of thioether (sulfide) groups is 1. The molecule has 3 heterocycles. The first-order valence-corrected chi connectivity index (χ1v) is 10.5. The molecule has 0 bridgehead atoms. The first-order chi connectivity index (χ1) is 14.7. The van der Waals surface area contributed by atoms with Gasteiger partial charge in [0.05, 0.1) is 12.3 Å². The quantitative estimate of drug-likeness (QED) is 0.440. The summed E-state index contributed by atoms with van der Waals surface area (Å²) in [6.45, 7) is 5.11. The second-order valence-electron chi connectivity index (χ2n) is 6.53. The molecule has 1 aliphatic rings. The fourth-order valence-electron chi connectivity index (χ4n) is 2.98. The minimum atomic E-state index is -0.225. The van der Waals surface area contributed by atoms with Gasteiger partial charge in [-0.3, -0.25) is 14.3 Å². The van der Waals surface area contributed by atoms with Crippen LogP contribution in [0.25, 0.3) is 11.4 Å². The zero-order valence-corrected chi connectivity index (χ0v) is 17.0. The number of benzene rings is 1. The van der Waals surface area contributed by atoms with E-state index < -0.39 is 0 Å². The maximum atomic E-state index is 12.3. The zero-order chi connectivity index (χ0) is 20.8. The van der Waals surface area contributed by atoms with Crippen LogP contribution in [0, 0.1) is 0 Å². The number of ether oxygens (including phenoxy) is 2. The third kappa shape index (κ3) is 4.62. The number of nitrogens with zero attached hydrogens (tertiary/aromatic N) is 4. The summed E-state index contributed by atoms with van der Waals surface area (Å²) in [5, 5.41) is 12.1. The van der Waals surface area contributed by atoms with Crippen molar-refractivity contribution in [2.75, 3.05) is 18.9 Å². The molecule has 1 N–H and O–H groups in total. The summed E-state index contributed by atoms with van der Waals surface area (Å²) in [4.78, 5) is 16.4. The van der Waals surface area contributed by atoms with Crippen molar-refractivity contribution in [1.82, 2.24) is 25.1 Å². The fourth-order valence-corrected chi connectivity index (χ4v) is 3.75. The van der Waals surface area contributed by atoms with Gasteiger partial charge < -0.3 is 14.8 Å². The molecule has 0 radical (unpaired) electrons. The number of aromatic nitrogens is 4. The minimum absolute atomic E-state index is 0.110. The minimum Gasteiger partial charge on any atom is -0.486 e. The van der Waals surface area contributed by atoms with Crippen LogP contribution in [-0.2, 0) is 11.3 Å². The average Bonchev–Trinajstić information content (AvgIpc) is 3.19. The van der Waals surface area contributed by atoms with Crippen molar-refractivity contribution < 1.29 is 14.3 Å². The van der Waals surface area contributed by atoms with E-state index in [2.05, 4.69) is 27.1 Å². The van der Waals surface area contributed by atoms with E-state index in [1.807, 2.05) is 41.0 Å². The lowest BCUT2D eigenvalue weighted by Gasteiger charge is -2.26. The third-order valence-corrected chi connectivity index (χ3v) is 5.36. The summed E-state index contributed by atoms with van der Waals surface area (Å²) in [7, 11) is 0. The molecule has 0 saturated carbocycles. The standard InChI is InChI=1S/C21H21N5O3S/c1-2-11-26-20(15-7-9-22-10-8-15)24-25-21(26)30-14-19(27)23-12-16-13-28-17-5-3-4-6-18(17)29-16/h2-10,16H,1,11-14H2,(H,23,27)/t16-/m1/s1. The van der Waals surface area contributed by atoms with E-state index in [4.69, 9.17) is 9.47 Å². The molecule has 1 atom stereocenters. The number of fused-ring (bicyclic) bond motifs is 1. The molecule has 1 amide bonds. The number of nitrogens with one attached hydrogen (secondary N) is 1. The molecule has 1 aromatic carbocycles. The second kappa shape index (κ2) is 9.45. The van der Waals surface area contributed by atoms with Gasteiger partial charge in [0.1, 0.15) is 12.7 Å². The molecule has 0 saturated heterocycles. The Kier molecular flexibility index (Phi) is 6.29. The molecule has 3 aromatic rings. The van der Waals surface area contributed by atoms with Crippen LogP contribution in [0.3, 0.4) is 0 Å². The normalized spacial score (nSPS) is 14.9. The molecular formula is C21H21N5O3S. The number of allylic oxidation sites excluding steroid dienone is 1. The Hall–Kier alpha value is -3.33. The number of carbonyl (C=O) groups is 1. The lowest BCUT2D eigenvalue weighted by atomic mass is 10.2. The number of amides is 1. The summed E-state index contributed by atoms with van der Waals surface area (Å²) in [6.07, 6.45) is 4.96. The van der Waals surface area contributed by atoms with E-state index in [1.54, 1.807) is 18.5 Å². The van der Waals surface area contributed by atoms with Gasteiger partial charge in [-0.05, 0) is 24.3 Å². The van der Waals surface area contributed by atoms with E-state index in [0.29, 0.717) is 36.4 Å². The Labute approximate surface area is 178 Å². The average molecular weight is 423 g/mol. The zero-order valence-electron chi connectivity index (χ0n) is 16.2. The first-order valence-electron chi connectivity index (χ1n) is 9.47. The van der Waals surface area contributed by atoms with Gasteiger partial charge in [-0.2, -0.15) is 0 Å². The van der Waals surface area contributed by atoms with Crippen molar-refractivity contribution in [2.45, 2.75) is 17.8 Å².